The van der Waals surface area contributed by atoms with Crippen molar-refractivity contribution in [3.63, 3.8) is 0 Å². The van der Waals surface area contributed by atoms with Crippen molar-refractivity contribution in [2.45, 2.75) is 32.1 Å². The SMILES string of the molecule is Cc1cn(C)c(C2CCCN(C(=O)Cc3cccnc3)C2)n1. The van der Waals surface area contributed by atoms with Crippen LogP contribution >= 0.6 is 0 Å². The molecule has 2 aromatic heterocycles. The minimum atomic E-state index is 0.184. The zero-order valence-corrected chi connectivity index (χ0v) is 13.2. The molecule has 116 valence electrons. The Bertz CT molecular complexity index is 650. The average molecular weight is 298 g/mol. The number of carbonyl (C=O) groups excluding carboxylic acids is 1. The highest BCUT2D eigenvalue weighted by atomic mass is 16.2. The Morgan fingerprint density at radius 3 is 3.00 bits per heavy atom. The maximum absolute atomic E-state index is 12.5. The number of imidazole rings is 1. The molecule has 22 heavy (non-hydrogen) atoms. The molecule has 1 unspecified atom stereocenters. The van der Waals surface area contributed by atoms with Crippen molar-refractivity contribution in [1.82, 2.24) is 19.4 Å². The fraction of sp³-hybridized carbons (Fsp3) is 0.471. The number of amides is 1. The number of pyridine rings is 1. The van der Waals surface area contributed by atoms with Crippen LogP contribution in [0, 0.1) is 6.92 Å². The van der Waals surface area contributed by atoms with E-state index in [1.165, 1.54) is 0 Å². The molecule has 0 aliphatic carbocycles. The fourth-order valence-corrected chi connectivity index (χ4v) is 3.22. The van der Waals surface area contributed by atoms with Gasteiger partial charge < -0.3 is 9.47 Å². The summed E-state index contributed by atoms with van der Waals surface area (Å²) < 4.78 is 2.09. The normalized spacial score (nSPS) is 18.5. The van der Waals surface area contributed by atoms with E-state index in [0.29, 0.717) is 12.3 Å². The molecule has 5 nitrogen and oxygen atoms in total. The van der Waals surface area contributed by atoms with Crippen LogP contribution in [0.15, 0.2) is 30.7 Å². The second-order valence-electron chi connectivity index (χ2n) is 6.07. The van der Waals surface area contributed by atoms with E-state index < -0.39 is 0 Å². The molecule has 0 bridgehead atoms. The molecule has 1 atom stereocenters. The van der Waals surface area contributed by atoms with Crippen molar-refractivity contribution in [2.24, 2.45) is 7.05 Å². The Morgan fingerprint density at radius 1 is 1.45 bits per heavy atom. The molecule has 0 N–H and O–H groups in total. The van der Waals surface area contributed by atoms with Crippen molar-refractivity contribution in [2.75, 3.05) is 13.1 Å². The first-order chi connectivity index (χ1) is 10.6. The van der Waals surface area contributed by atoms with Gasteiger partial charge in [0.2, 0.25) is 5.91 Å². The molecule has 1 amide bonds. The summed E-state index contributed by atoms with van der Waals surface area (Å²) in [5, 5.41) is 0. The molecule has 1 fully saturated rings. The van der Waals surface area contributed by atoms with Gasteiger partial charge in [0, 0.05) is 44.6 Å². The lowest BCUT2D eigenvalue weighted by atomic mass is 9.96. The zero-order chi connectivity index (χ0) is 15.5. The smallest absolute Gasteiger partial charge is 0.227 e. The zero-order valence-electron chi connectivity index (χ0n) is 13.2. The van der Waals surface area contributed by atoms with Crippen LogP contribution in [0.1, 0.15) is 35.8 Å². The van der Waals surface area contributed by atoms with Gasteiger partial charge in [0.25, 0.3) is 0 Å². The topological polar surface area (TPSA) is 51.0 Å². The second kappa shape index (κ2) is 6.30. The van der Waals surface area contributed by atoms with Crippen molar-refractivity contribution in [1.29, 1.82) is 0 Å². The Labute approximate surface area is 131 Å². The molecule has 3 heterocycles. The van der Waals surface area contributed by atoms with Crippen LogP contribution in [0.2, 0.25) is 0 Å². The monoisotopic (exact) mass is 298 g/mol. The van der Waals surface area contributed by atoms with Gasteiger partial charge in [-0.25, -0.2) is 4.98 Å². The second-order valence-corrected chi connectivity index (χ2v) is 6.07. The summed E-state index contributed by atoms with van der Waals surface area (Å²) in [7, 11) is 2.03. The summed E-state index contributed by atoms with van der Waals surface area (Å²) in [5.74, 6) is 1.62. The predicted octanol–water partition coefficient (Wildman–Crippen LogP) is 2.07. The maximum Gasteiger partial charge on any atom is 0.227 e. The molecule has 1 saturated heterocycles. The number of piperidine rings is 1. The number of aryl methyl sites for hydroxylation is 2. The number of rotatable bonds is 3. The number of aromatic nitrogens is 3. The third kappa shape index (κ3) is 3.18. The summed E-state index contributed by atoms with van der Waals surface area (Å²) >= 11 is 0. The van der Waals surface area contributed by atoms with Gasteiger partial charge in [-0.3, -0.25) is 9.78 Å². The molecule has 5 heteroatoms. The van der Waals surface area contributed by atoms with E-state index >= 15 is 0 Å². The summed E-state index contributed by atoms with van der Waals surface area (Å²) in [4.78, 5) is 23.2. The van der Waals surface area contributed by atoms with Crippen LogP contribution in [-0.2, 0) is 18.3 Å². The van der Waals surface area contributed by atoms with Crippen LogP contribution in [0.5, 0.6) is 0 Å². The van der Waals surface area contributed by atoms with Crippen molar-refractivity contribution in [3.05, 3.63) is 47.8 Å². The number of hydrogen-bond acceptors (Lipinski definition) is 3. The molecule has 1 aliphatic heterocycles. The van der Waals surface area contributed by atoms with E-state index in [0.717, 1.165) is 43.0 Å². The molecule has 2 aromatic rings. The molecule has 0 saturated carbocycles. The maximum atomic E-state index is 12.5. The van der Waals surface area contributed by atoms with Crippen LogP contribution in [-0.4, -0.2) is 38.4 Å². The van der Waals surface area contributed by atoms with E-state index in [4.69, 9.17) is 0 Å². The Hall–Kier alpha value is -2.17. The Kier molecular flexibility index (Phi) is 4.22. The van der Waals surface area contributed by atoms with Gasteiger partial charge in [0.1, 0.15) is 5.82 Å². The highest BCUT2D eigenvalue weighted by molar-refractivity contribution is 5.78. The quantitative estimate of drug-likeness (QED) is 0.871. The van der Waals surface area contributed by atoms with Crippen LogP contribution < -0.4 is 0 Å². The van der Waals surface area contributed by atoms with Gasteiger partial charge >= 0.3 is 0 Å². The third-order valence-electron chi connectivity index (χ3n) is 4.25. The largest absolute Gasteiger partial charge is 0.342 e. The van der Waals surface area contributed by atoms with Gasteiger partial charge in [-0.1, -0.05) is 6.07 Å². The van der Waals surface area contributed by atoms with Crippen molar-refractivity contribution in [3.8, 4) is 0 Å². The summed E-state index contributed by atoms with van der Waals surface area (Å²) in [6.07, 6.45) is 8.11. The van der Waals surface area contributed by atoms with E-state index in [9.17, 15) is 4.79 Å². The molecule has 0 radical (unpaired) electrons. The third-order valence-corrected chi connectivity index (χ3v) is 4.25. The summed E-state index contributed by atoms with van der Waals surface area (Å²) in [6.45, 7) is 3.63. The molecule has 3 rings (SSSR count). The fourth-order valence-electron chi connectivity index (χ4n) is 3.22. The van der Waals surface area contributed by atoms with Gasteiger partial charge in [-0.05, 0) is 31.4 Å². The number of nitrogens with zero attached hydrogens (tertiary/aromatic N) is 4. The number of likely N-dealkylation sites (tertiary alicyclic amines) is 1. The first-order valence-electron chi connectivity index (χ1n) is 7.80. The van der Waals surface area contributed by atoms with E-state index in [1.54, 1.807) is 12.4 Å². The van der Waals surface area contributed by atoms with Gasteiger partial charge in [-0.2, -0.15) is 0 Å². The van der Waals surface area contributed by atoms with Crippen LogP contribution in [0.4, 0.5) is 0 Å². The molecule has 0 spiro atoms. The Balaban J connectivity index is 1.68. The molecule has 1 aliphatic rings. The molecular formula is C17H22N4O. The van der Waals surface area contributed by atoms with E-state index in [2.05, 4.69) is 14.5 Å². The van der Waals surface area contributed by atoms with Crippen LogP contribution in [0.25, 0.3) is 0 Å². The summed E-state index contributed by atoms with van der Waals surface area (Å²) in [6, 6.07) is 3.83. The minimum absolute atomic E-state index is 0.184. The standard InChI is InChI=1S/C17H22N4O/c1-13-11-20(2)17(19-13)15-6-4-8-21(12-15)16(22)9-14-5-3-7-18-10-14/h3,5,7,10-11,15H,4,6,8-9,12H2,1-2H3. The molecular weight excluding hydrogens is 276 g/mol. The molecule has 0 aromatic carbocycles. The van der Waals surface area contributed by atoms with E-state index in [1.807, 2.05) is 37.2 Å². The number of hydrogen-bond donors (Lipinski definition) is 0. The Morgan fingerprint density at radius 2 is 2.32 bits per heavy atom. The van der Waals surface area contributed by atoms with E-state index in [-0.39, 0.29) is 5.91 Å². The van der Waals surface area contributed by atoms with Crippen LogP contribution in [0.3, 0.4) is 0 Å². The van der Waals surface area contributed by atoms with Gasteiger partial charge in [0.05, 0.1) is 12.1 Å². The van der Waals surface area contributed by atoms with Crippen molar-refractivity contribution >= 4 is 5.91 Å². The predicted molar refractivity (Wildman–Crippen MR) is 84.4 cm³/mol. The average Bonchev–Trinajstić information content (AvgIpc) is 2.87. The lowest BCUT2D eigenvalue weighted by molar-refractivity contribution is -0.131. The summed E-state index contributed by atoms with van der Waals surface area (Å²) in [5.41, 5.74) is 2.01. The lowest BCUT2D eigenvalue weighted by Gasteiger charge is -2.32. The first kappa shape index (κ1) is 14.8. The van der Waals surface area contributed by atoms with Gasteiger partial charge in [-0.15, -0.1) is 0 Å². The van der Waals surface area contributed by atoms with Crippen molar-refractivity contribution < 1.29 is 4.79 Å². The lowest BCUT2D eigenvalue weighted by Crippen LogP contribution is -2.40. The highest BCUT2D eigenvalue weighted by Gasteiger charge is 2.27. The number of carbonyl (C=O) groups is 1. The minimum Gasteiger partial charge on any atom is -0.342 e. The first-order valence-corrected chi connectivity index (χ1v) is 7.80. The highest BCUT2D eigenvalue weighted by Crippen LogP contribution is 2.26. The van der Waals surface area contributed by atoms with Gasteiger partial charge in [0.15, 0.2) is 0 Å².